The fraction of sp³-hybridized carbons (Fsp3) is 0.0952. The summed E-state index contributed by atoms with van der Waals surface area (Å²) in [5.74, 6) is -1.28. The topological polar surface area (TPSA) is 71.1 Å². The Bertz CT molecular complexity index is 1020. The van der Waals surface area contributed by atoms with E-state index in [9.17, 15) is 22.8 Å². The number of carbonyl (C=O) groups excluding carboxylic acids is 2. The average Bonchev–Trinajstić information content (AvgIpc) is 2.72. The molecule has 3 rings (SSSR count). The third-order valence-electron chi connectivity index (χ3n) is 4.03. The minimum absolute atomic E-state index is 0.171. The number of rotatable bonds is 5. The monoisotopic (exact) mass is 399 g/mol. The number of halogens is 3. The number of nitrogens with zero attached hydrogens (tertiary/aromatic N) is 1. The van der Waals surface area contributed by atoms with Crippen LogP contribution in [0.25, 0.3) is 0 Å². The van der Waals surface area contributed by atoms with Crippen LogP contribution >= 0.6 is 0 Å². The summed E-state index contributed by atoms with van der Waals surface area (Å²) in [5, 5.41) is 4.92. The first-order valence-corrected chi connectivity index (χ1v) is 8.60. The summed E-state index contributed by atoms with van der Waals surface area (Å²) in [6.45, 7) is 0.294. The third-order valence-corrected chi connectivity index (χ3v) is 4.03. The maximum atomic E-state index is 13.1. The van der Waals surface area contributed by atoms with Crippen molar-refractivity contribution in [2.45, 2.75) is 12.7 Å². The van der Waals surface area contributed by atoms with E-state index in [2.05, 4.69) is 15.6 Å². The predicted molar refractivity (Wildman–Crippen MR) is 101 cm³/mol. The van der Waals surface area contributed by atoms with Crippen LogP contribution < -0.4 is 10.6 Å². The van der Waals surface area contributed by atoms with Gasteiger partial charge in [-0.2, -0.15) is 13.2 Å². The standard InChI is InChI=1S/C21H16F3N3O2/c22-21(23,24)16-8-4-5-9-17(16)27-20(29)18-12-15(10-11-25-18)19(28)26-13-14-6-2-1-3-7-14/h1-12H,13H2,(H,26,28)(H,27,29). The fourth-order valence-corrected chi connectivity index (χ4v) is 2.60. The first-order chi connectivity index (χ1) is 13.8. The van der Waals surface area contributed by atoms with Gasteiger partial charge < -0.3 is 10.6 Å². The van der Waals surface area contributed by atoms with Gasteiger partial charge in [0.2, 0.25) is 0 Å². The molecule has 0 unspecified atom stereocenters. The molecular weight excluding hydrogens is 383 g/mol. The molecule has 148 valence electrons. The smallest absolute Gasteiger partial charge is 0.348 e. The minimum atomic E-state index is -4.61. The van der Waals surface area contributed by atoms with Crippen LogP contribution in [0, 0.1) is 0 Å². The zero-order valence-electron chi connectivity index (χ0n) is 15.0. The van der Waals surface area contributed by atoms with Gasteiger partial charge in [-0.1, -0.05) is 42.5 Å². The van der Waals surface area contributed by atoms with Gasteiger partial charge >= 0.3 is 6.18 Å². The van der Waals surface area contributed by atoms with Crippen molar-refractivity contribution < 1.29 is 22.8 Å². The Morgan fingerprint density at radius 3 is 2.31 bits per heavy atom. The van der Waals surface area contributed by atoms with Crippen LogP contribution in [0.1, 0.15) is 32.0 Å². The van der Waals surface area contributed by atoms with E-state index in [1.165, 1.54) is 30.5 Å². The summed E-state index contributed by atoms with van der Waals surface area (Å²) >= 11 is 0. The molecule has 0 saturated carbocycles. The SMILES string of the molecule is O=C(NCc1ccccc1)c1ccnc(C(=O)Nc2ccccc2C(F)(F)F)c1. The number of carbonyl (C=O) groups is 2. The Hall–Kier alpha value is -3.68. The van der Waals surface area contributed by atoms with Gasteiger partial charge in [0.15, 0.2) is 0 Å². The molecule has 0 aliphatic heterocycles. The zero-order chi connectivity index (χ0) is 20.9. The normalized spacial score (nSPS) is 11.0. The lowest BCUT2D eigenvalue weighted by Gasteiger charge is -2.13. The zero-order valence-corrected chi connectivity index (χ0v) is 15.0. The summed E-state index contributed by atoms with van der Waals surface area (Å²) in [6, 6.07) is 16.5. The summed E-state index contributed by atoms with van der Waals surface area (Å²) in [6.07, 6.45) is -3.36. The third kappa shape index (κ3) is 5.19. The molecular formula is C21H16F3N3O2. The second kappa shape index (κ2) is 8.55. The number of alkyl halides is 3. The maximum Gasteiger partial charge on any atom is 0.418 e. The maximum absolute atomic E-state index is 13.1. The first kappa shape index (κ1) is 20.1. The van der Waals surface area contributed by atoms with E-state index >= 15 is 0 Å². The van der Waals surface area contributed by atoms with Gasteiger partial charge in [0.25, 0.3) is 11.8 Å². The molecule has 0 aliphatic carbocycles. The second-order valence-corrected chi connectivity index (χ2v) is 6.10. The minimum Gasteiger partial charge on any atom is -0.348 e. The first-order valence-electron chi connectivity index (χ1n) is 8.60. The van der Waals surface area contributed by atoms with E-state index < -0.39 is 23.6 Å². The highest BCUT2D eigenvalue weighted by Crippen LogP contribution is 2.34. The van der Waals surface area contributed by atoms with Crippen LogP contribution in [0.5, 0.6) is 0 Å². The van der Waals surface area contributed by atoms with Crippen molar-refractivity contribution in [2.75, 3.05) is 5.32 Å². The largest absolute Gasteiger partial charge is 0.418 e. The van der Waals surface area contributed by atoms with E-state index in [4.69, 9.17) is 0 Å². The highest BCUT2D eigenvalue weighted by molar-refractivity contribution is 6.05. The summed E-state index contributed by atoms with van der Waals surface area (Å²) in [4.78, 5) is 28.5. The van der Waals surface area contributed by atoms with Crippen molar-refractivity contribution >= 4 is 17.5 Å². The number of pyridine rings is 1. The molecule has 2 aromatic carbocycles. The molecule has 0 radical (unpaired) electrons. The van der Waals surface area contributed by atoms with Crippen molar-refractivity contribution in [1.82, 2.24) is 10.3 Å². The number of benzene rings is 2. The van der Waals surface area contributed by atoms with Crippen molar-refractivity contribution in [2.24, 2.45) is 0 Å². The van der Waals surface area contributed by atoms with Gasteiger partial charge in [-0.25, -0.2) is 0 Å². The molecule has 29 heavy (non-hydrogen) atoms. The van der Waals surface area contributed by atoms with Crippen LogP contribution in [0.4, 0.5) is 18.9 Å². The predicted octanol–water partition coefficient (Wildman–Crippen LogP) is 4.28. The Labute approximate surface area is 164 Å². The molecule has 0 spiro atoms. The Kier molecular flexibility index (Phi) is 5.92. The molecule has 0 saturated heterocycles. The van der Waals surface area contributed by atoms with Crippen LogP contribution in [0.2, 0.25) is 0 Å². The molecule has 3 aromatic rings. The lowest BCUT2D eigenvalue weighted by Crippen LogP contribution is -2.24. The summed E-state index contributed by atoms with van der Waals surface area (Å²) in [7, 11) is 0. The van der Waals surface area contributed by atoms with E-state index in [-0.39, 0.29) is 16.9 Å². The fourth-order valence-electron chi connectivity index (χ4n) is 2.60. The molecule has 2 amide bonds. The summed E-state index contributed by atoms with van der Waals surface area (Å²) < 4.78 is 39.2. The van der Waals surface area contributed by atoms with E-state index in [0.717, 1.165) is 17.7 Å². The Morgan fingerprint density at radius 1 is 0.897 bits per heavy atom. The molecule has 5 nitrogen and oxygen atoms in total. The molecule has 0 bridgehead atoms. The van der Waals surface area contributed by atoms with Gasteiger partial charge in [0.05, 0.1) is 11.3 Å². The van der Waals surface area contributed by atoms with Crippen LogP contribution in [-0.2, 0) is 12.7 Å². The second-order valence-electron chi connectivity index (χ2n) is 6.10. The van der Waals surface area contributed by atoms with Gasteiger partial charge in [-0.15, -0.1) is 0 Å². The molecule has 0 atom stereocenters. The Morgan fingerprint density at radius 2 is 1.59 bits per heavy atom. The van der Waals surface area contributed by atoms with E-state index in [1.54, 1.807) is 0 Å². The van der Waals surface area contributed by atoms with Crippen molar-refractivity contribution in [3.05, 3.63) is 95.3 Å². The summed E-state index contributed by atoms with van der Waals surface area (Å²) in [5.41, 5.74) is -0.452. The van der Waals surface area contributed by atoms with Crippen molar-refractivity contribution in [1.29, 1.82) is 0 Å². The molecule has 0 fully saturated rings. The van der Waals surface area contributed by atoms with Gasteiger partial charge in [0.1, 0.15) is 5.69 Å². The average molecular weight is 399 g/mol. The van der Waals surface area contributed by atoms with E-state index in [0.29, 0.717) is 6.54 Å². The number of anilines is 1. The quantitative estimate of drug-likeness (QED) is 0.673. The number of hydrogen-bond donors (Lipinski definition) is 2. The molecule has 2 N–H and O–H groups in total. The van der Waals surface area contributed by atoms with Crippen LogP contribution in [-0.4, -0.2) is 16.8 Å². The van der Waals surface area contributed by atoms with Gasteiger partial charge in [-0.3, -0.25) is 14.6 Å². The number of para-hydroxylation sites is 1. The molecule has 8 heteroatoms. The number of nitrogens with one attached hydrogen (secondary N) is 2. The van der Waals surface area contributed by atoms with Gasteiger partial charge in [0, 0.05) is 18.3 Å². The molecule has 0 aliphatic rings. The van der Waals surface area contributed by atoms with Crippen LogP contribution in [0.3, 0.4) is 0 Å². The van der Waals surface area contributed by atoms with Crippen molar-refractivity contribution in [3.8, 4) is 0 Å². The number of hydrogen-bond acceptors (Lipinski definition) is 3. The van der Waals surface area contributed by atoms with Crippen molar-refractivity contribution in [3.63, 3.8) is 0 Å². The number of aromatic nitrogens is 1. The highest BCUT2D eigenvalue weighted by Gasteiger charge is 2.33. The molecule has 1 aromatic heterocycles. The lowest BCUT2D eigenvalue weighted by molar-refractivity contribution is -0.136. The molecule has 1 heterocycles. The van der Waals surface area contributed by atoms with Crippen LogP contribution in [0.15, 0.2) is 72.9 Å². The van der Waals surface area contributed by atoms with Gasteiger partial charge in [-0.05, 0) is 29.8 Å². The Balaban J connectivity index is 1.72. The highest BCUT2D eigenvalue weighted by atomic mass is 19.4. The van der Waals surface area contributed by atoms with E-state index in [1.807, 2.05) is 30.3 Å². The lowest BCUT2D eigenvalue weighted by atomic mass is 10.1. The number of amides is 2.